The van der Waals surface area contributed by atoms with Crippen molar-refractivity contribution in [3.8, 4) is 0 Å². The van der Waals surface area contributed by atoms with Crippen LogP contribution in [0.1, 0.15) is 56.6 Å². The highest BCUT2D eigenvalue weighted by atomic mass is 32.1. The number of carbonyl (C=O) groups excluding carboxylic acids is 1. The van der Waals surface area contributed by atoms with E-state index < -0.39 is 0 Å². The summed E-state index contributed by atoms with van der Waals surface area (Å²) in [4.78, 5) is 11.8. The first-order chi connectivity index (χ1) is 10.0. The van der Waals surface area contributed by atoms with Crippen LogP contribution in [0.2, 0.25) is 0 Å². The van der Waals surface area contributed by atoms with Crippen molar-refractivity contribution in [1.82, 2.24) is 5.32 Å². The zero-order valence-electron chi connectivity index (χ0n) is 13.3. The predicted molar refractivity (Wildman–Crippen MR) is 93.7 cm³/mol. The number of amides is 1. The summed E-state index contributed by atoms with van der Waals surface area (Å²) in [5.74, 6) is -0.00614. The molecule has 0 aromatic heterocycles. The van der Waals surface area contributed by atoms with Gasteiger partial charge in [0.1, 0.15) is 0 Å². The molecule has 2 N–H and O–H groups in total. The molecule has 0 saturated carbocycles. The molecular formula is C17H26N2OS. The summed E-state index contributed by atoms with van der Waals surface area (Å²) in [5, 5.41) is 6.18. The molecule has 0 spiro atoms. The maximum Gasteiger partial charge on any atom is 0.226 e. The number of rotatable bonds is 7. The van der Waals surface area contributed by atoms with E-state index in [9.17, 15) is 4.79 Å². The molecule has 21 heavy (non-hydrogen) atoms. The number of thiocarbonyl (C=S) groups is 1. The van der Waals surface area contributed by atoms with E-state index in [0.717, 1.165) is 18.5 Å². The fraction of sp³-hybridized carbons (Fsp3) is 0.529. The van der Waals surface area contributed by atoms with Crippen molar-refractivity contribution in [3.63, 3.8) is 0 Å². The molecule has 1 aromatic carbocycles. The second kappa shape index (κ2) is 9.50. The van der Waals surface area contributed by atoms with E-state index in [2.05, 4.69) is 23.6 Å². The molecule has 0 fully saturated rings. The SMILES string of the molecule is CCCCCCCC(=O)NC(=S)Nc1cc(C)cc(C)c1. The Morgan fingerprint density at radius 1 is 1.05 bits per heavy atom. The number of carbonyl (C=O) groups is 1. The first kappa shape index (κ1) is 17.6. The van der Waals surface area contributed by atoms with Gasteiger partial charge >= 0.3 is 0 Å². The molecule has 4 heteroatoms. The van der Waals surface area contributed by atoms with Gasteiger partial charge in [-0.15, -0.1) is 0 Å². The van der Waals surface area contributed by atoms with Gasteiger partial charge < -0.3 is 10.6 Å². The van der Waals surface area contributed by atoms with Gasteiger partial charge in [-0.25, -0.2) is 0 Å². The van der Waals surface area contributed by atoms with Crippen LogP contribution >= 0.6 is 12.2 Å². The summed E-state index contributed by atoms with van der Waals surface area (Å²) in [5.41, 5.74) is 3.26. The summed E-state index contributed by atoms with van der Waals surface area (Å²) < 4.78 is 0. The first-order valence-electron chi connectivity index (χ1n) is 7.70. The van der Waals surface area contributed by atoms with Crippen LogP contribution in [0.3, 0.4) is 0 Å². The molecule has 116 valence electrons. The third-order valence-corrected chi connectivity index (χ3v) is 3.44. The summed E-state index contributed by atoms with van der Waals surface area (Å²) in [6.07, 6.45) is 6.24. The number of anilines is 1. The van der Waals surface area contributed by atoms with Gasteiger partial charge in [0.25, 0.3) is 0 Å². The maximum absolute atomic E-state index is 11.8. The molecule has 0 aliphatic heterocycles. The smallest absolute Gasteiger partial charge is 0.226 e. The topological polar surface area (TPSA) is 41.1 Å². The quantitative estimate of drug-likeness (QED) is 0.576. The lowest BCUT2D eigenvalue weighted by Crippen LogP contribution is -2.33. The molecule has 3 nitrogen and oxygen atoms in total. The zero-order chi connectivity index (χ0) is 15.7. The second-order valence-corrected chi connectivity index (χ2v) is 5.95. The van der Waals surface area contributed by atoms with E-state index in [-0.39, 0.29) is 5.91 Å². The van der Waals surface area contributed by atoms with E-state index in [1.807, 2.05) is 26.0 Å². The van der Waals surface area contributed by atoms with Gasteiger partial charge in [0, 0.05) is 12.1 Å². The number of hydrogen-bond donors (Lipinski definition) is 2. The van der Waals surface area contributed by atoms with Gasteiger partial charge in [0.2, 0.25) is 5.91 Å². The Morgan fingerprint density at radius 2 is 1.67 bits per heavy atom. The lowest BCUT2D eigenvalue weighted by molar-refractivity contribution is -0.119. The third kappa shape index (κ3) is 7.81. The van der Waals surface area contributed by atoms with E-state index in [4.69, 9.17) is 12.2 Å². The highest BCUT2D eigenvalue weighted by molar-refractivity contribution is 7.80. The minimum absolute atomic E-state index is 0.00614. The van der Waals surface area contributed by atoms with Gasteiger partial charge in [-0.2, -0.15) is 0 Å². The van der Waals surface area contributed by atoms with Crippen LogP contribution in [0.5, 0.6) is 0 Å². The number of aryl methyl sites for hydroxylation is 2. The van der Waals surface area contributed by atoms with Crippen LogP contribution in [0.25, 0.3) is 0 Å². The van der Waals surface area contributed by atoms with Crippen molar-refractivity contribution in [2.24, 2.45) is 0 Å². The Morgan fingerprint density at radius 3 is 2.29 bits per heavy atom. The highest BCUT2D eigenvalue weighted by Crippen LogP contribution is 2.13. The van der Waals surface area contributed by atoms with E-state index in [0.29, 0.717) is 11.5 Å². The van der Waals surface area contributed by atoms with Gasteiger partial charge in [0.05, 0.1) is 0 Å². The van der Waals surface area contributed by atoms with Gasteiger partial charge in [0.15, 0.2) is 5.11 Å². The Labute approximate surface area is 133 Å². The molecule has 0 unspecified atom stereocenters. The monoisotopic (exact) mass is 306 g/mol. The Hall–Kier alpha value is -1.42. The van der Waals surface area contributed by atoms with Crippen LogP contribution in [0.15, 0.2) is 18.2 Å². The van der Waals surface area contributed by atoms with E-state index in [1.165, 1.54) is 30.4 Å². The Kier molecular flexibility index (Phi) is 7.98. The van der Waals surface area contributed by atoms with Gasteiger partial charge in [-0.3, -0.25) is 4.79 Å². The molecule has 0 heterocycles. The average molecular weight is 306 g/mol. The van der Waals surface area contributed by atoms with Crippen LogP contribution < -0.4 is 10.6 Å². The van der Waals surface area contributed by atoms with Crippen molar-refractivity contribution in [2.45, 2.75) is 59.3 Å². The lowest BCUT2D eigenvalue weighted by Gasteiger charge is -2.11. The van der Waals surface area contributed by atoms with Crippen molar-refractivity contribution < 1.29 is 4.79 Å². The molecule has 0 aliphatic carbocycles. The number of benzene rings is 1. The standard InChI is InChI=1S/C17H26N2OS/c1-4-5-6-7-8-9-16(20)19-17(21)18-15-11-13(2)10-14(3)12-15/h10-12H,4-9H2,1-3H3,(H2,18,19,20,21). The number of nitrogens with one attached hydrogen (secondary N) is 2. The van der Waals surface area contributed by atoms with Crippen molar-refractivity contribution in [1.29, 1.82) is 0 Å². The lowest BCUT2D eigenvalue weighted by atomic mass is 10.1. The predicted octanol–water partition coefficient (Wildman–Crippen LogP) is 4.48. The molecule has 1 aromatic rings. The normalized spacial score (nSPS) is 10.2. The average Bonchev–Trinajstić information content (AvgIpc) is 2.36. The largest absolute Gasteiger partial charge is 0.332 e. The fourth-order valence-electron chi connectivity index (χ4n) is 2.29. The second-order valence-electron chi connectivity index (χ2n) is 5.54. The minimum atomic E-state index is -0.00614. The summed E-state index contributed by atoms with van der Waals surface area (Å²) in [6.45, 7) is 6.26. The van der Waals surface area contributed by atoms with Crippen LogP contribution in [0.4, 0.5) is 5.69 Å². The van der Waals surface area contributed by atoms with Crippen molar-refractivity contribution in [2.75, 3.05) is 5.32 Å². The highest BCUT2D eigenvalue weighted by Gasteiger charge is 2.05. The molecule has 1 amide bonds. The van der Waals surface area contributed by atoms with Crippen LogP contribution in [-0.2, 0) is 4.79 Å². The molecule has 0 bridgehead atoms. The zero-order valence-corrected chi connectivity index (χ0v) is 14.1. The molecule has 0 saturated heterocycles. The third-order valence-electron chi connectivity index (χ3n) is 3.24. The van der Waals surface area contributed by atoms with Crippen LogP contribution in [-0.4, -0.2) is 11.0 Å². The van der Waals surface area contributed by atoms with Crippen molar-refractivity contribution >= 4 is 28.9 Å². The van der Waals surface area contributed by atoms with Crippen molar-refractivity contribution in [3.05, 3.63) is 29.3 Å². The Balaban J connectivity index is 2.31. The molecule has 0 atom stereocenters. The first-order valence-corrected chi connectivity index (χ1v) is 8.11. The molecule has 0 aliphatic rings. The van der Waals surface area contributed by atoms with Gasteiger partial charge in [-0.05, 0) is 55.7 Å². The molecule has 1 rings (SSSR count). The van der Waals surface area contributed by atoms with E-state index >= 15 is 0 Å². The minimum Gasteiger partial charge on any atom is -0.332 e. The Bertz CT molecular complexity index is 465. The number of unbranched alkanes of at least 4 members (excludes halogenated alkanes) is 4. The summed E-state index contributed by atoms with van der Waals surface area (Å²) in [6, 6.07) is 6.12. The summed E-state index contributed by atoms with van der Waals surface area (Å²) >= 11 is 5.18. The van der Waals surface area contributed by atoms with E-state index in [1.54, 1.807) is 0 Å². The fourth-order valence-corrected chi connectivity index (χ4v) is 2.52. The van der Waals surface area contributed by atoms with Crippen LogP contribution in [0, 0.1) is 13.8 Å². The van der Waals surface area contributed by atoms with Gasteiger partial charge in [-0.1, -0.05) is 38.7 Å². The number of hydrogen-bond acceptors (Lipinski definition) is 2. The molecular weight excluding hydrogens is 280 g/mol. The maximum atomic E-state index is 11.8. The molecule has 0 radical (unpaired) electrons. The summed E-state index contributed by atoms with van der Waals surface area (Å²) in [7, 11) is 0.